The van der Waals surface area contributed by atoms with Crippen LogP contribution in [0.5, 0.6) is 5.75 Å². The second kappa shape index (κ2) is 4.68. The molecule has 0 aliphatic carbocycles. The quantitative estimate of drug-likeness (QED) is 0.795. The highest BCUT2D eigenvalue weighted by atomic mass is 16.4. The summed E-state index contributed by atoms with van der Waals surface area (Å²) in [4.78, 5) is 12.8. The fraction of sp³-hybridized carbons (Fsp3) is 0.364. The number of hydrogen-bond donors (Lipinski definition) is 2. The number of phenols is 1. The molecule has 0 atom stereocenters. The van der Waals surface area contributed by atoms with Gasteiger partial charge < -0.3 is 15.1 Å². The summed E-state index contributed by atoms with van der Waals surface area (Å²) in [6.45, 7) is 5.61. The van der Waals surface area contributed by atoms with Crippen molar-refractivity contribution < 1.29 is 15.0 Å². The number of anilines is 1. The van der Waals surface area contributed by atoms with E-state index in [9.17, 15) is 9.90 Å². The third kappa shape index (κ3) is 2.40. The fourth-order valence-corrected chi connectivity index (χ4v) is 1.48. The number of nitrogens with zero attached hydrogens (tertiary/aromatic N) is 1. The summed E-state index contributed by atoms with van der Waals surface area (Å²) < 4.78 is 0. The Labute approximate surface area is 88.8 Å². The van der Waals surface area contributed by atoms with Crippen molar-refractivity contribution in [3.63, 3.8) is 0 Å². The maximum Gasteiger partial charge on any atom is 0.339 e. The van der Waals surface area contributed by atoms with Crippen molar-refractivity contribution in [2.45, 2.75) is 13.8 Å². The molecule has 0 radical (unpaired) electrons. The summed E-state index contributed by atoms with van der Waals surface area (Å²) in [5.74, 6) is -1.31. The van der Waals surface area contributed by atoms with Crippen molar-refractivity contribution in [3.8, 4) is 5.75 Å². The lowest BCUT2D eigenvalue weighted by Gasteiger charge is -2.21. The van der Waals surface area contributed by atoms with Crippen molar-refractivity contribution in [1.82, 2.24) is 0 Å². The number of aromatic carboxylic acids is 1. The van der Waals surface area contributed by atoms with E-state index in [2.05, 4.69) is 0 Å². The first kappa shape index (κ1) is 11.4. The van der Waals surface area contributed by atoms with Crippen LogP contribution < -0.4 is 4.90 Å². The monoisotopic (exact) mass is 209 g/mol. The number of aromatic hydroxyl groups is 1. The standard InChI is InChI=1S/C11H15NO3/c1-3-12(4-2)8-5-6-10(13)9(7-8)11(14)15/h5-7,13H,3-4H2,1-2H3,(H,14,15). The molecule has 0 saturated heterocycles. The van der Waals surface area contributed by atoms with Gasteiger partial charge in [-0.1, -0.05) is 0 Å². The van der Waals surface area contributed by atoms with Crippen LogP contribution in [0.2, 0.25) is 0 Å². The highest BCUT2D eigenvalue weighted by Gasteiger charge is 2.11. The van der Waals surface area contributed by atoms with E-state index in [0.717, 1.165) is 18.8 Å². The molecule has 0 bridgehead atoms. The van der Waals surface area contributed by atoms with Gasteiger partial charge >= 0.3 is 5.97 Å². The van der Waals surface area contributed by atoms with Gasteiger partial charge in [0.05, 0.1) is 0 Å². The van der Waals surface area contributed by atoms with Crippen molar-refractivity contribution >= 4 is 11.7 Å². The first-order valence-electron chi connectivity index (χ1n) is 4.91. The van der Waals surface area contributed by atoms with Crippen LogP contribution in [-0.2, 0) is 0 Å². The van der Waals surface area contributed by atoms with Gasteiger partial charge in [-0.15, -0.1) is 0 Å². The summed E-state index contributed by atoms with van der Waals surface area (Å²) in [6, 6.07) is 4.62. The molecule has 0 aliphatic rings. The molecule has 0 saturated carbocycles. The van der Waals surface area contributed by atoms with Crippen molar-refractivity contribution in [2.75, 3.05) is 18.0 Å². The molecule has 1 aromatic rings. The fourth-order valence-electron chi connectivity index (χ4n) is 1.48. The molecule has 0 amide bonds. The second-order valence-electron chi connectivity index (χ2n) is 3.18. The van der Waals surface area contributed by atoms with Gasteiger partial charge in [0.15, 0.2) is 0 Å². The summed E-state index contributed by atoms with van der Waals surface area (Å²) in [5.41, 5.74) is 0.759. The molecule has 4 nitrogen and oxygen atoms in total. The molecule has 82 valence electrons. The Morgan fingerprint density at radius 3 is 2.40 bits per heavy atom. The number of carboxylic acid groups (broad SMARTS) is 1. The van der Waals surface area contributed by atoms with Crippen molar-refractivity contribution in [3.05, 3.63) is 23.8 Å². The Bertz CT molecular complexity index is 359. The van der Waals surface area contributed by atoms with Crippen LogP contribution in [0, 0.1) is 0 Å². The van der Waals surface area contributed by atoms with Crippen molar-refractivity contribution in [2.24, 2.45) is 0 Å². The summed E-state index contributed by atoms with van der Waals surface area (Å²) in [5, 5.41) is 18.2. The Morgan fingerprint density at radius 1 is 1.33 bits per heavy atom. The Hall–Kier alpha value is -1.71. The van der Waals surface area contributed by atoms with E-state index in [1.807, 2.05) is 18.7 Å². The second-order valence-corrected chi connectivity index (χ2v) is 3.18. The Balaban J connectivity index is 3.11. The lowest BCUT2D eigenvalue weighted by Crippen LogP contribution is -2.22. The molecule has 0 fully saturated rings. The lowest BCUT2D eigenvalue weighted by molar-refractivity contribution is 0.0694. The SMILES string of the molecule is CCN(CC)c1ccc(O)c(C(=O)O)c1. The molecule has 2 N–H and O–H groups in total. The molecule has 15 heavy (non-hydrogen) atoms. The zero-order chi connectivity index (χ0) is 11.4. The van der Waals surface area contributed by atoms with E-state index >= 15 is 0 Å². The van der Waals surface area contributed by atoms with Gasteiger partial charge in [-0.3, -0.25) is 0 Å². The van der Waals surface area contributed by atoms with Crippen LogP contribution in [0.3, 0.4) is 0 Å². The van der Waals surface area contributed by atoms with E-state index in [4.69, 9.17) is 5.11 Å². The summed E-state index contributed by atoms with van der Waals surface area (Å²) in [7, 11) is 0. The van der Waals surface area contributed by atoms with Gasteiger partial charge in [0.1, 0.15) is 11.3 Å². The highest BCUT2D eigenvalue weighted by Crippen LogP contribution is 2.23. The highest BCUT2D eigenvalue weighted by molar-refractivity contribution is 5.92. The number of carboxylic acids is 1. The summed E-state index contributed by atoms with van der Waals surface area (Å²) in [6.07, 6.45) is 0. The minimum absolute atomic E-state index is 0.0561. The van der Waals surface area contributed by atoms with E-state index in [0.29, 0.717) is 0 Å². The zero-order valence-electron chi connectivity index (χ0n) is 8.90. The van der Waals surface area contributed by atoms with Crippen LogP contribution in [0.4, 0.5) is 5.69 Å². The molecular weight excluding hydrogens is 194 g/mol. The Morgan fingerprint density at radius 2 is 1.93 bits per heavy atom. The van der Waals surface area contributed by atoms with E-state index in [-0.39, 0.29) is 11.3 Å². The van der Waals surface area contributed by atoms with E-state index in [1.54, 1.807) is 6.07 Å². The van der Waals surface area contributed by atoms with Crippen LogP contribution in [0.25, 0.3) is 0 Å². The molecule has 0 aliphatic heterocycles. The van der Waals surface area contributed by atoms with Gasteiger partial charge in [-0.25, -0.2) is 4.79 Å². The average Bonchev–Trinajstić information content (AvgIpc) is 2.21. The number of hydrogen-bond acceptors (Lipinski definition) is 3. The number of rotatable bonds is 4. The van der Waals surface area contributed by atoms with Crippen LogP contribution in [0.1, 0.15) is 24.2 Å². The van der Waals surface area contributed by atoms with Gasteiger partial charge in [0.2, 0.25) is 0 Å². The van der Waals surface area contributed by atoms with Gasteiger partial charge in [-0.2, -0.15) is 0 Å². The van der Waals surface area contributed by atoms with Crippen molar-refractivity contribution in [1.29, 1.82) is 0 Å². The largest absolute Gasteiger partial charge is 0.507 e. The molecule has 1 rings (SSSR count). The van der Waals surface area contributed by atoms with Crippen LogP contribution in [0.15, 0.2) is 18.2 Å². The Kier molecular flexibility index (Phi) is 3.55. The average molecular weight is 209 g/mol. The third-order valence-electron chi connectivity index (χ3n) is 2.34. The molecule has 0 unspecified atom stereocenters. The minimum atomic E-state index is -1.11. The van der Waals surface area contributed by atoms with Crippen LogP contribution >= 0.6 is 0 Å². The van der Waals surface area contributed by atoms with Gasteiger partial charge in [0.25, 0.3) is 0 Å². The predicted molar refractivity (Wildman–Crippen MR) is 58.6 cm³/mol. The van der Waals surface area contributed by atoms with Gasteiger partial charge in [0, 0.05) is 18.8 Å². The zero-order valence-corrected chi connectivity index (χ0v) is 8.90. The number of carbonyl (C=O) groups is 1. The molecule has 4 heteroatoms. The predicted octanol–water partition coefficient (Wildman–Crippen LogP) is 1.94. The van der Waals surface area contributed by atoms with E-state index in [1.165, 1.54) is 12.1 Å². The first-order chi connectivity index (χ1) is 7.10. The maximum atomic E-state index is 10.8. The third-order valence-corrected chi connectivity index (χ3v) is 2.34. The van der Waals surface area contributed by atoms with Gasteiger partial charge in [-0.05, 0) is 32.0 Å². The molecule has 0 aromatic heterocycles. The topological polar surface area (TPSA) is 60.8 Å². The molecular formula is C11H15NO3. The lowest BCUT2D eigenvalue weighted by atomic mass is 10.1. The van der Waals surface area contributed by atoms with Crippen LogP contribution in [-0.4, -0.2) is 29.3 Å². The molecule has 0 spiro atoms. The van der Waals surface area contributed by atoms with E-state index < -0.39 is 5.97 Å². The number of benzene rings is 1. The molecule has 1 aromatic carbocycles. The molecule has 0 heterocycles. The smallest absolute Gasteiger partial charge is 0.339 e. The first-order valence-corrected chi connectivity index (χ1v) is 4.91. The maximum absolute atomic E-state index is 10.8. The minimum Gasteiger partial charge on any atom is -0.507 e. The normalized spacial score (nSPS) is 10.0. The summed E-state index contributed by atoms with van der Waals surface area (Å²) >= 11 is 0.